The van der Waals surface area contributed by atoms with E-state index in [9.17, 15) is 9.59 Å². The van der Waals surface area contributed by atoms with Gasteiger partial charge in [-0.25, -0.2) is 4.98 Å². The molecule has 0 saturated heterocycles. The van der Waals surface area contributed by atoms with E-state index in [4.69, 9.17) is 11.5 Å². The number of carbonyl (C=O) groups is 2. The molecule has 1 heterocycles. The molecule has 1 aromatic heterocycles. The number of aromatic nitrogens is 1. The number of hydrogen-bond acceptors (Lipinski definition) is 5. The van der Waals surface area contributed by atoms with Gasteiger partial charge in [0.1, 0.15) is 0 Å². The monoisotopic (exact) mass is 242 g/mol. The Morgan fingerprint density at radius 1 is 1.50 bits per heavy atom. The molecule has 88 valence electrons. The van der Waals surface area contributed by atoms with Crippen molar-refractivity contribution in [2.24, 2.45) is 5.73 Å². The van der Waals surface area contributed by atoms with Crippen LogP contribution in [0.15, 0.2) is 5.38 Å². The number of rotatable bonds is 6. The Balaban J connectivity index is 2.18. The van der Waals surface area contributed by atoms with Crippen LogP contribution in [0.1, 0.15) is 18.5 Å². The van der Waals surface area contributed by atoms with Gasteiger partial charge in [0.25, 0.3) is 0 Å². The summed E-state index contributed by atoms with van der Waals surface area (Å²) < 4.78 is 0. The highest BCUT2D eigenvalue weighted by Crippen LogP contribution is 2.11. The zero-order chi connectivity index (χ0) is 12.0. The predicted octanol–water partition coefficient (Wildman–Crippen LogP) is -0.351. The van der Waals surface area contributed by atoms with Gasteiger partial charge in [-0.3, -0.25) is 9.59 Å². The fourth-order valence-corrected chi connectivity index (χ4v) is 1.68. The second-order valence-corrected chi connectivity index (χ2v) is 4.16. The van der Waals surface area contributed by atoms with Crippen molar-refractivity contribution in [3.05, 3.63) is 11.1 Å². The molecule has 0 aliphatic carbocycles. The zero-order valence-corrected chi connectivity index (χ0v) is 9.55. The Bertz CT molecular complexity index is 377. The second kappa shape index (κ2) is 6.06. The lowest BCUT2D eigenvalue weighted by Gasteiger charge is -2.02. The normalized spacial score (nSPS) is 10.0. The second-order valence-electron chi connectivity index (χ2n) is 3.27. The quantitative estimate of drug-likeness (QED) is 0.592. The average Bonchev–Trinajstić information content (AvgIpc) is 2.58. The van der Waals surface area contributed by atoms with Gasteiger partial charge in [0, 0.05) is 18.3 Å². The number of thiazole rings is 1. The molecule has 0 unspecified atom stereocenters. The number of nitrogens with two attached hydrogens (primary N) is 2. The molecule has 0 fully saturated rings. The summed E-state index contributed by atoms with van der Waals surface area (Å²) in [5.74, 6) is -0.490. The number of primary amides is 1. The molecule has 1 rings (SSSR count). The zero-order valence-electron chi connectivity index (χ0n) is 8.73. The van der Waals surface area contributed by atoms with E-state index in [0.717, 1.165) is 0 Å². The van der Waals surface area contributed by atoms with Crippen LogP contribution in [-0.2, 0) is 16.0 Å². The van der Waals surface area contributed by atoms with Crippen LogP contribution in [-0.4, -0.2) is 23.3 Å². The molecule has 0 atom stereocenters. The van der Waals surface area contributed by atoms with Gasteiger partial charge in [0.2, 0.25) is 11.8 Å². The van der Waals surface area contributed by atoms with Crippen LogP contribution < -0.4 is 16.8 Å². The van der Waals surface area contributed by atoms with Crippen LogP contribution in [0.5, 0.6) is 0 Å². The van der Waals surface area contributed by atoms with Crippen molar-refractivity contribution in [2.75, 3.05) is 12.3 Å². The number of nitrogens with one attached hydrogen (secondary N) is 1. The number of nitrogen functional groups attached to an aromatic ring is 1. The molecule has 1 aromatic rings. The average molecular weight is 242 g/mol. The van der Waals surface area contributed by atoms with E-state index in [2.05, 4.69) is 10.3 Å². The Morgan fingerprint density at radius 3 is 2.81 bits per heavy atom. The fraction of sp³-hybridized carbons (Fsp3) is 0.444. The van der Waals surface area contributed by atoms with Crippen LogP contribution in [0.3, 0.4) is 0 Å². The summed E-state index contributed by atoms with van der Waals surface area (Å²) in [5.41, 5.74) is 11.1. The van der Waals surface area contributed by atoms with Gasteiger partial charge in [-0.05, 0) is 6.42 Å². The molecule has 0 aliphatic heterocycles. The minimum Gasteiger partial charge on any atom is -0.375 e. The van der Waals surface area contributed by atoms with Crippen LogP contribution in [0.25, 0.3) is 0 Å². The van der Waals surface area contributed by atoms with Crippen molar-refractivity contribution < 1.29 is 9.59 Å². The van der Waals surface area contributed by atoms with Gasteiger partial charge in [0.05, 0.1) is 12.1 Å². The van der Waals surface area contributed by atoms with E-state index < -0.39 is 0 Å². The summed E-state index contributed by atoms with van der Waals surface area (Å²) in [6.45, 7) is 0.446. The third kappa shape index (κ3) is 4.74. The third-order valence-corrected chi connectivity index (χ3v) is 2.56. The van der Waals surface area contributed by atoms with E-state index >= 15 is 0 Å². The summed E-state index contributed by atoms with van der Waals surface area (Å²) in [6, 6.07) is 0. The lowest BCUT2D eigenvalue weighted by Crippen LogP contribution is -2.27. The largest absolute Gasteiger partial charge is 0.375 e. The molecule has 0 spiro atoms. The molecule has 7 heteroatoms. The van der Waals surface area contributed by atoms with Crippen molar-refractivity contribution in [2.45, 2.75) is 19.3 Å². The van der Waals surface area contributed by atoms with Gasteiger partial charge < -0.3 is 16.8 Å². The number of nitrogens with zero attached hydrogens (tertiary/aromatic N) is 1. The Kier molecular flexibility index (Phi) is 4.71. The molecule has 5 N–H and O–H groups in total. The minimum atomic E-state index is -0.360. The molecule has 0 bridgehead atoms. The third-order valence-electron chi connectivity index (χ3n) is 1.83. The number of anilines is 1. The standard InChI is InChI=1S/C9H14N4O2S/c10-7(14)2-1-3-12-8(15)4-6-5-16-9(11)13-6/h5H,1-4H2,(H2,10,14)(H2,11,13)(H,12,15). The number of hydrogen-bond donors (Lipinski definition) is 3. The van der Waals surface area contributed by atoms with E-state index in [1.165, 1.54) is 11.3 Å². The summed E-state index contributed by atoms with van der Waals surface area (Å²) in [7, 11) is 0. The van der Waals surface area contributed by atoms with Crippen molar-refractivity contribution in [3.8, 4) is 0 Å². The van der Waals surface area contributed by atoms with E-state index in [0.29, 0.717) is 23.8 Å². The van der Waals surface area contributed by atoms with Gasteiger partial charge in [-0.2, -0.15) is 0 Å². The van der Waals surface area contributed by atoms with Crippen LogP contribution in [0, 0.1) is 0 Å². The first-order chi connectivity index (χ1) is 7.58. The summed E-state index contributed by atoms with van der Waals surface area (Å²) in [4.78, 5) is 25.8. The molecule has 0 saturated carbocycles. The Morgan fingerprint density at radius 2 is 2.25 bits per heavy atom. The number of carbonyl (C=O) groups excluding carboxylic acids is 2. The molecular formula is C9H14N4O2S. The van der Waals surface area contributed by atoms with Crippen LogP contribution in [0.4, 0.5) is 5.13 Å². The SMILES string of the molecule is NC(=O)CCCNC(=O)Cc1csc(N)n1. The number of amides is 2. The van der Waals surface area contributed by atoms with Crippen molar-refractivity contribution in [3.63, 3.8) is 0 Å². The van der Waals surface area contributed by atoms with E-state index in [-0.39, 0.29) is 24.7 Å². The Hall–Kier alpha value is -1.63. The highest BCUT2D eigenvalue weighted by Gasteiger charge is 2.06. The van der Waals surface area contributed by atoms with Gasteiger partial charge in [-0.15, -0.1) is 11.3 Å². The molecule has 0 radical (unpaired) electrons. The molecule has 0 aromatic carbocycles. The first kappa shape index (κ1) is 12.4. The predicted molar refractivity (Wildman–Crippen MR) is 61.7 cm³/mol. The molecule has 6 nitrogen and oxygen atoms in total. The van der Waals surface area contributed by atoms with Crippen LogP contribution in [0.2, 0.25) is 0 Å². The van der Waals surface area contributed by atoms with Crippen molar-refractivity contribution >= 4 is 28.3 Å². The fourth-order valence-electron chi connectivity index (χ4n) is 1.12. The Labute approximate surface area is 97.0 Å². The lowest BCUT2D eigenvalue weighted by molar-refractivity contribution is -0.121. The first-order valence-corrected chi connectivity index (χ1v) is 5.71. The highest BCUT2D eigenvalue weighted by atomic mass is 32.1. The lowest BCUT2D eigenvalue weighted by atomic mass is 10.3. The summed E-state index contributed by atoms with van der Waals surface area (Å²) in [5, 5.41) is 4.88. The van der Waals surface area contributed by atoms with E-state index in [1.54, 1.807) is 5.38 Å². The van der Waals surface area contributed by atoms with Gasteiger partial charge >= 0.3 is 0 Å². The van der Waals surface area contributed by atoms with E-state index in [1.807, 2.05) is 0 Å². The minimum absolute atomic E-state index is 0.130. The molecule has 2 amide bonds. The van der Waals surface area contributed by atoms with Gasteiger partial charge in [0.15, 0.2) is 5.13 Å². The maximum Gasteiger partial charge on any atom is 0.226 e. The maximum absolute atomic E-state index is 11.4. The summed E-state index contributed by atoms with van der Waals surface area (Å²) >= 11 is 1.30. The topological polar surface area (TPSA) is 111 Å². The molecule has 0 aliphatic rings. The van der Waals surface area contributed by atoms with Gasteiger partial charge in [-0.1, -0.05) is 0 Å². The molecular weight excluding hydrogens is 228 g/mol. The van der Waals surface area contributed by atoms with Crippen LogP contribution >= 0.6 is 11.3 Å². The maximum atomic E-state index is 11.4. The summed E-state index contributed by atoms with van der Waals surface area (Å²) in [6.07, 6.45) is 1.05. The molecule has 16 heavy (non-hydrogen) atoms. The smallest absolute Gasteiger partial charge is 0.226 e. The van der Waals surface area contributed by atoms with Crippen molar-refractivity contribution in [1.82, 2.24) is 10.3 Å². The highest BCUT2D eigenvalue weighted by molar-refractivity contribution is 7.13. The van der Waals surface area contributed by atoms with Crippen molar-refractivity contribution in [1.29, 1.82) is 0 Å². The first-order valence-electron chi connectivity index (χ1n) is 4.83.